The van der Waals surface area contributed by atoms with Gasteiger partial charge in [0.05, 0.1) is 11.3 Å². The van der Waals surface area contributed by atoms with E-state index >= 15 is 0 Å². The summed E-state index contributed by atoms with van der Waals surface area (Å²) < 4.78 is 6.59. The minimum absolute atomic E-state index is 0.128. The molecule has 0 radical (unpaired) electrons. The van der Waals surface area contributed by atoms with Crippen molar-refractivity contribution in [2.45, 2.75) is 33.3 Å². The minimum atomic E-state index is -0.551. The van der Waals surface area contributed by atoms with Crippen molar-refractivity contribution in [1.82, 2.24) is 14.6 Å². The zero-order valence-corrected chi connectivity index (χ0v) is 19.0. The molecule has 0 bridgehead atoms. The zero-order valence-electron chi connectivity index (χ0n) is 18.2. The number of esters is 1. The van der Waals surface area contributed by atoms with Gasteiger partial charge in [0.1, 0.15) is 11.6 Å². The van der Waals surface area contributed by atoms with Gasteiger partial charge in [-0.1, -0.05) is 36.5 Å². The number of hydrogen-bond donors (Lipinski definition) is 1. The van der Waals surface area contributed by atoms with Gasteiger partial charge in [-0.05, 0) is 49.2 Å². The third kappa shape index (κ3) is 5.15. The van der Waals surface area contributed by atoms with Gasteiger partial charge in [-0.3, -0.25) is 9.59 Å². The van der Waals surface area contributed by atoms with Crippen LogP contribution in [0, 0.1) is 6.92 Å². The molecule has 9 heteroatoms. The van der Waals surface area contributed by atoms with Crippen molar-refractivity contribution in [3.63, 3.8) is 0 Å². The number of nitrogens with zero attached hydrogens (tertiary/aromatic N) is 3. The lowest BCUT2D eigenvalue weighted by atomic mass is 10.1. The van der Waals surface area contributed by atoms with Crippen molar-refractivity contribution >= 4 is 33.9 Å². The van der Waals surface area contributed by atoms with Crippen LogP contribution in [0.25, 0.3) is 4.96 Å². The predicted molar refractivity (Wildman–Crippen MR) is 126 cm³/mol. The van der Waals surface area contributed by atoms with Gasteiger partial charge in [0.15, 0.2) is 0 Å². The average molecular weight is 463 g/mol. The number of aromatic nitrogens is 3. The van der Waals surface area contributed by atoms with Crippen LogP contribution in [0.1, 0.15) is 50.3 Å². The molecule has 168 valence electrons. The average Bonchev–Trinajstić information content (AvgIpc) is 3.21. The molecule has 4 rings (SSSR count). The molecule has 1 N–H and O–H groups in total. The largest absolute Gasteiger partial charge is 0.456 e. The van der Waals surface area contributed by atoms with Gasteiger partial charge < -0.3 is 10.1 Å². The summed E-state index contributed by atoms with van der Waals surface area (Å²) in [5.41, 5.74) is 2.41. The first-order valence-corrected chi connectivity index (χ1v) is 11.3. The summed E-state index contributed by atoms with van der Waals surface area (Å²) in [6.07, 6.45) is 1.70. The number of carbonyl (C=O) groups excluding carboxylic acids is 2. The lowest BCUT2D eigenvalue weighted by molar-refractivity contribution is 0.0467. The van der Waals surface area contributed by atoms with Gasteiger partial charge in [-0.15, -0.1) is 0 Å². The third-order valence-corrected chi connectivity index (χ3v) is 5.89. The van der Waals surface area contributed by atoms with Gasteiger partial charge in [-0.2, -0.15) is 9.61 Å². The number of anilines is 1. The third-order valence-electron chi connectivity index (χ3n) is 4.92. The Labute approximate surface area is 193 Å². The van der Waals surface area contributed by atoms with Crippen LogP contribution in [0.5, 0.6) is 0 Å². The van der Waals surface area contributed by atoms with E-state index in [4.69, 9.17) is 4.74 Å². The SMILES string of the molecule is CCCc1nn2c(=O)cc(COC(=O)c3ccc(NC(=O)c4ccccc4C)cc3)nc2s1. The van der Waals surface area contributed by atoms with Crippen molar-refractivity contribution in [1.29, 1.82) is 0 Å². The smallest absolute Gasteiger partial charge is 0.338 e. The Morgan fingerprint density at radius 3 is 2.61 bits per heavy atom. The Morgan fingerprint density at radius 2 is 1.88 bits per heavy atom. The number of amides is 1. The molecule has 0 unspecified atom stereocenters. The Morgan fingerprint density at radius 1 is 1.12 bits per heavy atom. The van der Waals surface area contributed by atoms with Crippen molar-refractivity contribution in [3.8, 4) is 0 Å². The van der Waals surface area contributed by atoms with E-state index in [1.165, 1.54) is 21.9 Å². The molecule has 33 heavy (non-hydrogen) atoms. The van der Waals surface area contributed by atoms with Crippen molar-refractivity contribution in [3.05, 3.63) is 92.3 Å². The molecule has 1 amide bonds. The van der Waals surface area contributed by atoms with E-state index < -0.39 is 5.97 Å². The van der Waals surface area contributed by atoms with Gasteiger partial charge in [0.2, 0.25) is 4.96 Å². The highest BCUT2D eigenvalue weighted by Crippen LogP contribution is 2.16. The van der Waals surface area contributed by atoms with Crippen LogP contribution in [0.3, 0.4) is 0 Å². The van der Waals surface area contributed by atoms with Crippen molar-refractivity contribution in [2.75, 3.05) is 5.32 Å². The van der Waals surface area contributed by atoms with E-state index in [-0.39, 0.29) is 18.1 Å². The summed E-state index contributed by atoms with van der Waals surface area (Å²) in [7, 11) is 0. The number of nitrogens with one attached hydrogen (secondary N) is 1. The Hall–Kier alpha value is -3.85. The second kappa shape index (κ2) is 9.74. The van der Waals surface area contributed by atoms with Crippen LogP contribution < -0.4 is 10.9 Å². The summed E-state index contributed by atoms with van der Waals surface area (Å²) in [6.45, 7) is 3.78. The molecule has 0 spiro atoms. The number of aryl methyl sites for hydroxylation is 2. The number of benzene rings is 2. The molecular weight excluding hydrogens is 440 g/mol. The van der Waals surface area contributed by atoms with E-state index in [1.807, 2.05) is 26.0 Å². The van der Waals surface area contributed by atoms with E-state index in [1.54, 1.807) is 36.4 Å². The molecule has 2 aromatic heterocycles. The van der Waals surface area contributed by atoms with E-state index in [9.17, 15) is 14.4 Å². The fourth-order valence-electron chi connectivity index (χ4n) is 3.22. The molecule has 0 aliphatic heterocycles. The second-order valence-corrected chi connectivity index (χ2v) is 8.49. The van der Waals surface area contributed by atoms with Gasteiger partial charge in [-0.25, -0.2) is 9.78 Å². The maximum atomic E-state index is 12.4. The van der Waals surface area contributed by atoms with Crippen molar-refractivity contribution < 1.29 is 14.3 Å². The molecule has 0 aliphatic rings. The number of rotatable bonds is 7. The van der Waals surface area contributed by atoms with Crippen molar-refractivity contribution in [2.24, 2.45) is 0 Å². The monoisotopic (exact) mass is 462 g/mol. The molecule has 0 fully saturated rings. The van der Waals surface area contributed by atoms with Crippen LogP contribution in [0.2, 0.25) is 0 Å². The molecule has 0 saturated carbocycles. The minimum Gasteiger partial charge on any atom is -0.456 e. The summed E-state index contributed by atoms with van der Waals surface area (Å²) in [6, 6.07) is 15.0. The van der Waals surface area contributed by atoms with Gasteiger partial charge in [0.25, 0.3) is 11.5 Å². The first kappa shape index (κ1) is 22.3. The van der Waals surface area contributed by atoms with Crippen LogP contribution in [0.15, 0.2) is 59.4 Å². The molecule has 0 aliphatic carbocycles. The quantitative estimate of drug-likeness (QED) is 0.416. The Balaban J connectivity index is 1.39. The standard InChI is InChI=1S/C24H22N4O4S/c1-3-6-20-27-28-21(29)13-18(26-24(28)33-20)14-32-23(31)16-9-11-17(12-10-16)25-22(30)19-8-5-4-7-15(19)2/h4-5,7-13H,3,6,14H2,1-2H3,(H,25,30). The predicted octanol–water partition coefficient (Wildman–Crippen LogP) is 4.02. The van der Waals surface area contributed by atoms with Crippen LogP contribution in [0.4, 0.5) is 5.69 Å². The molecule has 2 aromatic carbocycles. The fourth-order valence-corrected chi connectivity index (χ4v) is 4.24. The summed E-state index contributed by atoms with van der Waals surface area (Å²) in [5, 5.41) is 7.91. The molecule has 0 saturated heterocycles. The van der Waals surface area contributed by atoms with E-state index in [0.717, 1.165) is 23.4 Å². The Bertz CT molecular complexity index is 1380. The van der Waals surface area contributed by atoms with Gasteiger partial charge >= 0.3 is 5.97 Å². The van der Waals surface area contributed by atoms with Crippen LogP contribution >= 0.6 is 11.3 Å². The van der Waals surface area contributed by atoms with E-state index in [0.29, 0.717) is 27.5 Å². The second-order valence-electron chi connectivity index (χ2n) is 7.45. The summed E-state index contributed by atoms with van der Waals surface area (Å²) in [5.74, 6) is -0.772. The number of hydrogen-bond acceptors (Lipinski definition) is 7. The molecular formula is C24H22N4O4S. The topological polar surface area (TPSA) is 103 Å². The normalized spacial score (nSPS) is 10.8. The maximum Gasteiger partial charge on any atom is 0.338 e. The lowest BCUT2D eigenvalue weighted by Crippen LogP contribution is -2.16. The maximum absolute atomic E-state index is 12.4. The zero-order chi connectivity index (χ0) is 23.4. The summed E-state index contributed by atoms with van der Waals surface area (Å²) in [4.78, 5) is 42.0. The fraction of sp³-hybridized carbons (Fsp3) is 0.208. The highest BCUT2D eigenvalue weighted by Gasteiger charge is 2.13. The van der Waals surface area contributed by atoms with E-state index in [2.05, 4.69) is 15.4 Å². The number of carbonyl (C=O) groups is 2. The first-order chi connectivity index (χ1) is 15.9. The lowest BCUT2D eigenvalue weighted by Gasteiger charge is -2.08. The first-order valence-electron chi connectivity index (χ1n) is 10.5. The highest BCUT2D eigenvalue weighted by molar-refractivity contribution is 7.16. The summed E-state index contributed by atoms with van der Waals surface area (Å²) >= 11 is 1.35. The number of ether oxygens (including phenoxy) is 1. The molecule has 0 atom stereocenters. The molecule has 4 aromatic rings. The number of fused-ring (bicyclic) bond motifs is 1. The molecule has 2 heterocycles. The molecule has 8 nitrogen and oxygen atoms in total. The van der Waals surface area contributed by atoms with Crippen LogP contribution in [-0.4, -0.2) is 26.5 Å². The van der Waals surface area contributed by atoms with Crippen LogP contribution in [-0.2, 0) is 17.8 Å². The van der Waals surface area contributed by atoms with Gasteiger partial charge in [0, 0.05) is 23.7 Å². The Kier molecular flexibility index (Phi) is 6.60. The highest BCUT2D eigenvalue weighted by atomic mass is 32.1.